The molecule has 0 unspecified atom stereocenters. The maximum absolute atomic E-state index is 12.4. The van der Waals surface area contributed by atoms with Gasteiger partial charge in [0.1, 0.15) is 11.6 Å². The Kier molecular flexibility index (Phi) is 5.44. The molecule has 2 aromatic carbocycles. The molecule has 27 heavy (non-hydrogen) atoms. The minimum absolute atomic E-state index is 0.0139. The third-order valence-corrected chi connectivity index (χ3v) is 3.90. The van der Waals surface area contributed by atoms with Crippen LogP contribution in [0.4, 0.5) is 14.5 Å². The van der Waals surface area contributed by atoms with E-state index >= 15 is 0 Å². The predicted octanol–water partition coefficient (Wildman–Crippen LogP) is 3.99. The molecule has 0 aliphatic heterocycles. The SMILES string of the molecule is CCc1ccc(NC(=O)c2nc(C)n(-c3ccc(OC(F)F)cc3)n2)cc1. The maximum Gasteiger partial charge on any atom is 0.387 e. The number of aromatic nitrogens is 3. The summed E-state index contributed by atoms with van der Waals surface area (Å²) in [6.07, 6.45) is 0.917. The van der Waals surface area contributed by atoms with Crippen molar-refractivity contribution in [2.75, 3.05) is 5.32 Å². The highest BCUT2D eigenvalue weighted by atomic mass is 19.3. The van der Waals surface area contributed by atoms with E-state index in [1.54, 1.807) is 19.1 Å². The number of amides is 1. The molecule has 0 saturated heterocycles. The van der Waals surface area contributed by atoms with Gasteiger partial charge in [-0.05, 0) is 55.3 Å². The number of halogens is 2. The van der Waals surface area contributed by atoms with Crippen molar-refractivity contribution in [2.24, 2.45) is 0 Å². The molecular weight excluding hydrogens is 354 g/mol. The van der Waals surface area contributed by atoms with E-state index in [1.165, 1.54) is 22.4 Å². The summed E-state index contributed by atoms with van der Waals surface area (Å²) in [6, 6.07) is 13.4. The van der Waals surface area contributed by atoms with Gasteiger partial charge in [-0.15, -0.1) is 5.10 Å². The van der Waals surface area contributed by atoms with Crippen LogP contribution < -0.4 is 10.1 Å². The van der Waals surface area contributed by atoms with Crippen LogP contribution >= 0.6 is 0 Å². The van der Waals surface area contributed by atoms with Crippen LogP contribution in [0.5, 0.6) is 5.75 Å². The van der Waals surface area contributed by atoms with Crippen molar-refractivity contribution in [3.05, 3.63) is 65.7 Å². The molecule has 0 radical (unpaired) electrons. The van der Waals surface area contributed by atoms with Gasteiger partial charge in [0.2, 0.25) is 5.82 Å². The maximum atomic E-state index is 12.4. The molecule has 3 rings (SSSR count). The van der Waals surface area contributed by atoms with Crippen LogP contribution in [-0.2, 0) is 6.42 Å². The van der Waals surface area contributed by atoms with E-state index in [-0.39, 0.29) is 11.6 Å². The third-order valence-electron chi connectivity index (χ3n) is 3.90. The molecule has 0 atom stereocenters. The summed E-state index contributed by atoms with van der Waals surface area (Å²) in [5.41, 5.74) is 2.40. The van der Waals surface area contributed by atoms with Crippen molar-refractivity contribution in [3.63, 3.8) is 0 Å². The van der Waals surface area contributed by atoms with Crippen LogP contribution in [0.3, 0.4) is 0 Å². The van der Waals surface area contributed by atoms with Gasteiger partial charge >= 0.3 is 6.61 Å². The van der Waals surface area contributed by atoms with E-state index in [0.29, 0.717) is 17.2 Å². The van der Waals surface area contributed by atoms with Gasteiger partial charge in [0.25, 0.3) is 5.91 Å². The summed E-state index contributed by atoms with van der Waals surface area (Å²) in [5.74, 6) is 0.114. The van der Waals surface area contributed by atoms with Gasteiger partial charge in [0.05, 0.1) is 5.69 Å². The van der Waals surface area contributed by atoms with E-state index in [1.807, 2.05) is 24.3 Å². The topological polar surface area (TPSA) is 69.0 Å². The Morgan fingerprint density at radius 2 is 1.81 bits per heavy atom. The largest absolute Gasteiger partial charge is 0.435 e. The lowest BCUT2D eigenvalue weighted by Gasteiger charge is -2.06. The molecule has 1 heterocycles. The lowest BCUT2D eigenvalue weighted by atomic mass is 10.1. The van der Waals surface area contributed by atoms with Gasteiger partial charge in [-0.25, -0.2) is 9.67 Å². The Bertz CT molecular complexity index is 922. The minimum Gasteiger partial charge on any atom is -0.435 e. The first-order chi connectivity index (χ1) is 13.0. The molecular formula is C19H18F2N4O2. The first-order valence-electron chi connectivity index (χ1n) is 8.35. The van der Waals surface area contributed by atoms with Crippen molar-refractivity contribution < 1.29 is 18.3 Å². The van der Waals surface area contributed by atoms with Crippen LogP contribution in [0.25, 0.3) is 5.69 Å². The van der Waals surface area contributed by atoms with Gasteiger partial charge < -0.3 is 10.1 Å². The van der Waals surface area contributed by atoms with Gasteiger partial charge in [-0.2, -0.15) is 8.78 Å². The number of alkyl halides is 2. The summed E-state index contributed by atoms with van der Waals surface area (Å²) >= 11 is 0. The number of hydrogen-bond acceptors (Lipinski definition) is 4. The molecule has 0 bridgehead atoms. The standard InChI is InChI=1S/C19H18F2N4O2/c1-3-13-4-6-14(7-5-13)23-18(26)17-22-12(2)25(24-17)15-8-10-16(11-9-15)27-19(20)21/h4-11,19H,3H2,1-2H3,(H,23,26). The number of anilines is 1. The fraction of sp³-hybridized carbons (Fsp3) is 0.211. The first-order valence-corrected chi connectivity index (χ1v) is 8.35. The Balaban J connectivity index is 1.75. The van der Waals surface area contributed by atoms with Crippen molar-refractivity contribution in [1.29, 1.82) is 0 Å². The van der Waals surface area contributed by atoms with Gasteiger partial charge in [0, 0.05) is 5.69 Å². The Labute approximate surface area is 154 Å². The fourth-order valence-corrected chi connectivity index (χ4v) is 2.51. The summed E-state index contributed by atoms with van der Waals surface area (Å²) < 4.78 is 30.2. The van der Waals surface area contributed by atoms with Gasteiger partial charge in [-0.1, -0.05) is 19.1 Å². The summed E-state index contributed by atoms with van der Waals surface area (Å²) in [7, 11) is 0. The molecule has 8 heteroatoms. The molecule has 1 amide bonds. The van der Waals surface area contributed by atoms with Crippen LogP contribution in [0, 0.1) is 6.92 Å². The highest BCUT2D eigenvalue weighted by molar-refractivity contribution is 6.01. The monoisotopic (exact) mass is 372 g/mol. The quantitative estimate of drug-likeness (QED) is 0.710. The number of carbonyl (C=O) groups is 1. The zero-order valence-electron chi connectivity index (χ0n) is 14.8. The zero-order chi connectivity index (χ0) is 19.4. The molecule has 0 saturated carbocycles. The minimum atomic E-state index is -2.88. The van der Waals surface area contributed by atoms with Gasteiger partial charge in [0.15, 0.2) is 0 Å². The summed E-state index contributed by atoms with van der Waals surface area (Å²) in [4.78, 5) is 16.6. The average Bonchev–Trinajstić information content (AvgIpc) is 3.04. The Hall–Kier alpha value is -3.29. The number of rotatable bonds is 6. The number of nitrogens with zero attached hydrogens (tertiary/aromatic N) is 3. The van der Waals surface area contributed by atoms with E-state index in [4.69, 9.17) is 0 Å². The highest BCUT2D eigenvalue weighted by Gasteiger charge is 2.16. The first kappa shape index (κ1) is 18.5. The predicted molar refractivity (Wildman–Crippen MR) is 96.5 cm³/mol. The molecule has 1 aromatic heterocycles. The normalized spacial score (nSPS) is 10.9. The number of aryl methyl sites for hydroxylation is 2. The van der Waals surface area contributed by atoms with E-state index in [9.17, 15) is 13.6 Å². The van der Waals surface area contributed by atoms with Crippen LogP contribution in [0.15, 0.2) is 48.5 Å². The molecule has 3 aromatic rings. The third kappa shape index (κ3) is 4.46. The molecule has 0 aliphatic rings. The second-order valence-corrected chi connectivity index (χ2v) is 5.77. The lowest BCUT2D eigenvalue weighted by Crippen LogP contribution is -2.14. The Morgan fingerprint density at radius 1 is 1.15 bits per heavy atom. The number of carbonyl (C=O) groups excluding carboxylic acids is 1. The summed E-state index contributed by atoms with van der Waals surface area (Å²) in [6.45, 7) is 0.869. The number of ether oxygens (including phenoxy) is 1. The van der Waals surface area contributed by atoms with Crippen molar-refractivity contribution in [3.8, 4) is 11.4 Å². The molecule has 6 nitrogen and oxygen atoms in total. The van der Waals surface area contributed by atoms with E-state index < -0.39 is 12.5 Å². The number of hydrogen-bond donors (Lipinski definition) is 1. The average molecular weight is 372 g/mol. The molecule has 0 aliphatic carbocycles. The second-order valence-electron chi connectivity index (χ2n) is 5.77. The van der Waals surface area contributed by atoms with Crippen LogP contribution in [0.2, 0.25) is 0 Å². The summed E-state index contributed by atoms with van der Waals surface area (Å²) in [5, 5.41) is 6.96. The molecule has 1 N–H and O–H groups in total. The van der Waals surface area contributed by atoms with Crippen LogP contribution in [0.1, 0.15) is 28.9 Å². The van der Waals surface area contributed by atoms with Crippen molar-refractivity contribution in [1.82, 2.24) is 14.8 Å². The highest BCUT2D eigenvalue weighted by Crippen LogP contribution is 2.18. The Morgan fingerprint density at radius 3 is 2.41 bits per heavy atom. The molecule has 0 fully saturated rings. The van der Waals surface area contributed by atoms with E-state index in [0.717, 1.165) is 6.42 Å². The van der Waals surface area contributed by atoms with Crippen molar-refractivity contribution >= 4 is 11.6 Å². The molecule has 0 spiro atoms. The number of nitrogens with one attached hydrogen (secondary N) is 1. The van der Waals surface area contributed by atoms with Crippen LogP contribution in [-0.4, -0.2) is 27.3 Å². The van der Waals surface area contributed by atoms with Gasteiger partial charge in [-0.3, -0.25) is 4.79 Å². The van der Waals surface area contributed by atoms with Crippen molar-refractivity contribution in [2.45, 2.75) is 26.9 Å². The second kappa shape index (κ2) is 7.94. The zero-order valence-corrected chi connectivity index (χ0v) is 14.8. The smallest absolute Gasteiger partial charge is 0.387 e. The fourth-order valence-electron chi connectivity index (χ4n) is 2.51. The molecule has 140 valence electrons. The number of benzene rings is 2. The lowest BCUT2D eigenvalue weighted by molar-refractivity contribution is -0.0498. The van der Waals surface area contributed by atoms with E-state index in [2.05, 4.69) is 27.1 Å².